The summed E-state index contributed by atoms with van der Waals surface area (Å²) in [6.07, 6.45) is 0.0556. The number of Topliss-reactive ketones (excluding diaryl/α,β-unsaturated/α-hetero) is 3. The average molecular weight is 577 g/mol. The van der Waals surface area contributed by atoms with E-state index in [1.807, 2.05) is 41.9 Å². The predicted molar refractivity (Wildman–Crippen MR) is 170 cm³/mol. The first-order valence-corrected chi connectivity index (χ1v) is 12.5. The summed E-state index contributed by atoms with van der Waals surface area (Å²) in [4.78, 5) is 29.2. The second-order valence-electron chi connectivity index (χ2n) is 7.73. The van der Waals surface area contributed by atoms with Gasteiger partial charge in [-0.15, -0.1) is 0 Å². The number of nitrogens with two attached hydrogens (primary N) is 2. The molecular weight excluding hydrogens is 504 g/mol. The third kappa shape index (κ3) is 141. The van der Waals surface area contributed by atoms with Crippen molar-refractivity contribution in [3.63, 3.8) is 0 Å². The van der Waals surface area contributed by atoms with E-state index in [1.165, 1.54) is 13.8 Å². The van der Waals surface area contributed by atoms with E-state index in [4.69, 9.17) is 26.8 Å². The molecule has 0 aliphatic heterocycles. The number of carbonyl (C=O) groups is 3. The summed E-state index contributed by atoms with van der Waals surface area (Å²) >= 11 is 0. The molecule has 0 aliphatic carbocycles. The van der Waals surface area contributed by atoms with Crippen LogP contribution in [0, 0.1) is 0 Å². The Morgan fingerprint density at radius 1 is 0.718 bits per heavy atom. The fraction of sp³-hybridized carbons (Fsp3) is 0.889. The lowest BCUT2D eigenvalue weighted by atomic mass is 10.2. The minimum atomic E-state index is -0.366. The van der Waals surface area contributed by atoms with E-state index in [-0.39, 0.29) is 76.3 Å². The van der Waals surface area contributed by atoms with Gasteiger partial charge in [0.2, 0.25) is 0 Å². The van der Waals surface area contributed by atoms with Gasteiger partial charge in [-0.25, -0.2) is 0 Å². The highest BCUT2D eigenvalue weighted by Gasteiger charge is 2.02. The Kier molecular flexibility index (Phi) is 89.6. The molecule has 0 aromatic rings. The second-order valence-corrected chi connectivity index (χ2v) is 7.73. The highest BCUT2D eigenvalue weighted by atomic mass is 16.3. The Morgan fingerprint density at radius 2 is 0.974 bits per heavy atom. The zero-order chi connectivity index (χ0) is 31.4. The maximum absolute atomic E-state index is 9.81. The lowest BCUT2D eigenvalue weighted by Crippen LogP contribution is -2.32. The Hall–Kier alpha value is -1.35. The molecule has 12 nitrogen and oxygen atoms in total. The van der Waals surface area contributed by atoms with Gasteiger partial charge in [0.1, 0.15) is 23.6 Å². The third-order valence-corrected chi connectivity index (χ3v) is 3.79. The van der Waals surface area contributed by atoms with Crippen LogP contribution in [0.5, 0.6) is 0 Å². The van der Waals surface area contributed by atoms with Crippen LogP contribution in [-0.4, -0.2) is 112 Å². The normalized spacial score (nSPS) is 11.2. The number of aliphatic hydroxyl groups excluding tert-OH is 3. The van der Waals surface area contributed by atoms with Gasteiger partial charge in [0.15, 0.2) is 0 Å². The summed E-state index contributed by atoms with van der Waals surface area (Å²) in [5.41, 5.74) is 9.64. The Morgan fingerprint density at radius 3 is 0.974 bits per heavy atom. The average Bonchev–Trinajstić information content (AvgIpc) is 2.89. The van der Waals surface area contributed by atoms with Crippen molar-refractivity contribution in [3.05, 3.63) is 0 Å². The van der Waals surface area contributed by atoms with Crippen LogP contribution in [0.25, 0.3) is 0 Å². The first kappa shape index (κ1) is 61.6. The molecule has 246 valence electrons. The van der Waals surface area contributed by atoms with Crippen LogP contribution in [-0.2, 0) is 14.4 Å². The minimum absolute atomic E-state index is 0. The van der Waals surface area contributed by atoms with Crippen molar-refractivity contribution in [1.82, 2.24) is 21.3 Å². The van der Waals surface area contributed by atoms with Gasteiger partial charge in [-0.3, -0.25) is 14.9 Å². The van der Waals surface area contributed by atoms with Crippen LogP contribution in [0.2, 0.25) is 0 Å². The van der Waals surface area contributed by atoms with Crippen LogP contribution in [0.3, 0.4) is 0 Å². The van der Waals surface area contributed by atoms with Crippen molar-refractivity contribution in [3.8, 4) is 0 Å². The van der Waals surface area contributed by atoms with Crippen LogP contribution in [0.1, 0.15) is 83.6 Å². The standard InChI is InChI=1S/C5H13NO.C4H11NO.C4H8O.C3H9NO.2C3H7NO.C3H9N.2CH4/c1-4(6-3)5(2)7;1-4(3-6)5-2;1-3-4(2)5;1-3(5)4-2;2*1-3(5)2-4;1-3-4-2;;/h4-7H,1-3H3;4-6H,3H2,1-2H3;3H2,1-2H3;3-5H,1-2H3;2*2,4H2,1H3;4H,3H2,1-2H3;2*1H4/t;4-;;;;;;;/m.0......./s1. The van der Waals surface area contributed by atoms with Crippen molar-refractivity contribution >= 4 is 17.3 Å². The smallest absolute Gasteiger partial charge is 0.143 e. The van der Waals surface area contributed by atoms with Gasteiger partial charge in [0.05, 0.1) is 25.8 Å². The molecule has 0 spiro atoms. The summed E-state index contributed by atoms with van der Waals surface area (Å²) in [6, 6.07) is 0.449. The van der Waals surface area contributed by atoms with Crippen molar-refractivity contribution in [2.45, 2.75) is 108 Å². The molecule has 0 aromatic carbocycles. The number of rotatable bonds is 9. The molecule has 0 bridgehead atoms. The molecule has 12 heteroatoms. The Bertz CT molecular complexity index is 404. The van der Waals surface area contributed by atoms with Crippen molar-refractivity contribution < 1.29 is 29.7 Å². The topological polar surface area (TPSA) is 212 Å². The monoisotopic (exact) mass is 577 g/mol. The van der Waals surface area contributed by atoms with Crippen LogP contribution >= 0.6 is 0 Å². The molecule has 0 fully saturated rings. The van der Waals surface area contributed by atoms with Gasteiger partial charge in [0, 0.05) is 18.5 Å². The van der Waals surface area contributed by atoms with E-state index in [0.29, 0.717) is 6.42 Å². The molecular formula is C27H72N6O6. The molecule has 4 atom stereocenters. The maximum atomic E-state index is 9.81. The molecule has 0 aliphatic rings. The molecule has 0 radical (unpaired) electrons. The van der Waals surface area contributed by atoms with E-state index in [1.54, 1.807) is 27.8 Å². The van der Waals surface area contributed by atoms with Crippen LogP contribution in [0.15, 0.2) is 0 Å². The van der Waals surface area contributed by atoms with E-state index in [0.717, 1.165) is 6.54 Å². The highest BCUT2D eigenvalue weighted by Crippen LogP contribution is 1.86. The van der Waals surface area contributed by atoms with Crippen LogP contribution in [0.4, 0.5) is 0 Å². The summed E-state index contributed by atoms with van der Waals surface area (Å²) in [5.74, 6) is 0.319. The third-order valence-electron chi connectivity index (χ3n) is 3.79. The van der Waals surface area contributed by atoms with Gasteiger partial charge < -0.3 is 47.5 Å². The molecule has 11 N–H and O–H groups in total. The molecule has 0 rings (SSSR count). The van der Waals surface area contributed by atoms with Gasteiger partial charge >= 0.3 is 0 Å². The summed E-state index contributed by atoms with van der Waals surface area (Å²) in [6.45, 7) is 17.3. The second kappa shape index (κ2) is 56.7. The fourth-order valence-corrected chi connectivity index (χ4v) is 0.332. The van der Waals surface area contributed by atoms with Crippen LogP contribution < -0.4 is 32.7 Å². The van der Waals surface area contributed by atoms with Gasteiger partial charge in [-0.2, -0.15) is 0 Å². The first-order valence-electron chi connectivity index (χ1n) is 12.5. The maximum Gasteiger partial charge on any atom is 0.143 e. The molecule has 0 saturated carbocycles. The van der Waals surface area contributed by atoms with Crippen molar-refractivity contribution in [2.75, 3.05) is 54.4 Å². The van der Waals surface area contributed by atoms with E-state index in [2.05, 4.69) is 28.2 Å². The number of hydrogen-bond donors (Lipinski definition) is 9. The molecule has 0 amide bonds. The number of likely N-dealkylation sites (N-methyl/N-ethyl adjacent to an activating group) is 2. The Labute approximate surface area is 242 Å². The molecule has 0 aromatic heterocycles. The number of carbonyl (C=O) groups excluding carboxylic acids is 3. The van der Waals surface area contributed by atoms with Crippen molar-refractivity contribution in [2.24, 2.45) is 11.5 Å². The summed E-state index contributed by atoms with van der Waals surface area (Å²) in [5, 5.41) is 36.6. The number of aliphatic hydroxyl groups is 3. The predicted octanol–water partition coefficient (Wildman–Crippen LogP) is 0.657. The largest absolute Gasteiger partial charge is 0.395 e. The quantitative estimate of drug-likeness (QED) is 0.173. The fourth-order valence-electron chi connectivity index (χ4n) is 0.332. The van der Waals surface area contributed by atoms with E-state index in [9.17, 15) is 14.4 Å². The first-order chi connectivity index (χ1) is 17.0. The van der Waals surface area contributed by atoms with Gasteiger partial charge in [-0.1, -0.05) is 28.7 Å². The minimum Gasteiger partial charge on any atom is -0.395 e. The lowest BCUT2D eigenvalue weighted by Gasteiger charge is -2.11. The number of nitrogens with one attached hydrogen (secondary N) is 4. The van der Waals surface area contributed by atoms with E-state index < -0.39 is 0 Å². The van der Waals surface area contributed by atoms with E-state index >= 15 is 0 Å². The number of ketones is 3. The SMILES string of the molecule is C.C.CC(=O)CN.CC(=O)CN.CCC(C)=O.CCNC.CNC(C)C(C)O.CNC(C)O.CN[C@@H](C)CO. The molecule has 0 saturated heterocycles. The van der Waals surface area contributed by atoms with Gasteiger partial charge in [-0.05, 0) is 83.2 Å². The number of hydrogen-bond acceptors (Lipinski definition) is 12. The molecule has 3 unspecified atom stereocenters. The molecule has 39 heavy (non-hydrogen) atoms. The molecule has 0 heterocycles. The zero-order valence-electron chi connectivity index (χ0n) is 26.1. The summed E-state index contributed by atoms with van der Waals surface area (Å²) < 4.78 is 0. The highest BCUT2D eigenvalue weighted by molar-refractivity contribution is 5.77. The van der Waals surface area contributed by atoms with Crippen molar-refractivity contribution in [1.29, 1.82) is 0 Å². The van der Waals surface area contributed by atoms with Gasteiger partial charge in [0.25, 0.3) is 0 Å². The lowest BCUT2D eigenvalue weighted by molar-refractivity contribution is -0.117. The summed E-state index contributed by atoms with van der Waals surface area (Å²) in [7, 11) is 7.28. The zero-order valence-corrected chi connectivity index (χ0v) is 26.1. The Balaban J connectivity index is -0.0000000384.